The first kappa shape index (κ1) is 15.4. The molecule has 1 aromatic rings. The highest BCUT2D eigenvalue weighted by Gasteiger charge is 2.28. The third kappa shape index (κ3) is 4.53. The molecule has 1 aliphatic heterocycles. The van der Waals surface area contributed by atoms with Crippen molar-refractivity contribution in [3.63, 3.8) is 0 Å². The van der Waals surface area contributed by atoms with Gasteiger partial charge in [0.25, 0.3) is 5.91 Å². The van der Waals surface area contributed by atoms with Crippen LogP contribution in [0.15, 0.2) is 24.3 Å². The van der Waals surface area contributed by atoms with Gasteiger partial charge in [-0.25, -0.2) is 4.39 Å². The van der Waals surface area contributed by atoms with Crippen molar-refractivity contribution >= 4 is 17.6 Å². The third-order valence-electron chi connectivity index (χ3n) is 3.75. The number of methoxy groups -OCH3 is 1. The van der Waals surface area contributed by atoms with Crippen LogP contribution < -0.4 is 10.2 Å². The molecule has 0 radical (unpaired) electrons. The molecule has 0 unspecified atom stereocenters. The topological polar surface area (TPSA) is 59.8 Å². The van der Waals surface area contributed by atoms with Gasteiger partial charge in [-0.2, -0.15) is 0 Å². The lowest BCUT2D eigenvalue weighted by atomic mass is 9.97. The van der Waals surface area contributed by atoms with E-state index in [9.17, 15) is 14.0 Å². The number of carbonyl (C=O) groups excluding carboxylic acids is 2. The summed E-state index contributed by atoms with van der Waals surface area (Å²) >= 11 is 0. The van der Waals surface area contributed by atoms with Gasteiger partial charge in [0, 0.05) is 18.5 Å². The Kier molecular flexibility index (Phi) is 5.27. The number of esters is 1. The number of carbonyl (C=O) groups is 2. The molecule has 5 nitrogen and oxygen atoms in total. The van der Waals surface area contributed by atoms with Crippen molar-refractivity contribution in [1.82, 2.24) is 0 Å². The van der Waals surface area contributed by atoms with E-state index in [2.05, 4.69) is 5.32 Å². The summed E-state index contributed by atoms with van der Waals surface area (Å²) < 4.78 is 17.8. The van der Waals surface area contributed by atoms with Crippen molar-refractivity contribution in [3.8, 4) is 0 Å². The Morgan fingerprint density at radius 3 is 2.71 bits per heavy atom. The molecule has 0 spiro atoms. The quantitative estimate of drug-likeness (QED) is 0.782. The molecule has 1 aliphatic rings. The van der Waals surface area contributed by atoms with Crippen LogP contribution >= 0.6 is 0 Å². The number of ether oxygens (including phenoxy) is 1. The van der Waals surface area contributed by atoms with Crippen LogP contribution in [0.25, 0.3) is 0 Å². The van der Waals surface area contributed by atoms with Crippen molar-refractivity contribution in [2.75, 3.05) is 32.1 Å². The predicted molar refractivity (Wildman–Crippen MR) is 75.3 cm³/mol. The lowest BCUT2D eigenvalue weighted by Gasteiger charge is -2.27. The smallest absolute Gasteiger partial charge is 0.309 e. The van der Waals surface area contributed by atoms with Gasteiger partial charge in [0.1, 0.15) is 5.82 Å². The number of amides is 1. The average molecular weight is 295 g/mol. The largest absolute Gasteiger partial charge is 0.469 e. The Morgan fingerprint density at radius 1 is 1.38 bits per heavy atom. The van der Waals surface area contributed by atoms with Crippen LogP contribution in [-0.2, 0) is 14.3 Å². The fourth-order valence-electron chi connectivity index (χ4n) is 2.60. The van der Waals surface area contributed by atoms with Crippen LogP contribution in [0.2, 0.25) is 0 Å². The van der Waals surface area contributed by atoms with Gasteiger partial charge in [0.15, 0.2) is 6.54 Å². The molecule has 0 bridgehead atoms. The van der Waals surface area contributed by atoms with Gasteiger partial charge in [-0.15, -0.1) is 0 Å². The molecule has 2 rings (SSSR count). The van der Waals surface area contributed by atoms with Gasteiger partial charge in [0.2, 0.25) is 0 Å². The third-order valence-corrected chi connectivity index (χ3v) is 3.75. The van der Waals surface area contributed by atoms with Crippen LogP contribution in [0.1, 0.15) is 12.8 Å². The van der Waals surface area contributed by atoms with E-state index in [0.29, 0.717) is 12.2 Å². The first-order valence-electron chi connectivity index (χ1n) is 7.05. The van der Waals surface area contributed by atoms with Crippen molar-refractivity contribution in [3.05, 3.63) is 30.1 Å². The summed E-state index contributed by atoms with van der Waals surface area (Å²) in [4.78, 5) is 24.5. The number of benzene rings is 1. The molecule has 0 atom stereocenters. The summed E-state index contributed by atoms with van der Waals surface area (Å²) in [5, 5.41) is 2.68. The lowest BCUT2D eigenvalue weighted by molar-refractivity contribution is -0.897. The number of quaternary nitrogens is 1. The van der Waals surface area contributed by atoms with Crippen LogP contribution in [0.3, 0.4) is 0 Å². The SMILES string of the molecule is COC(=O)C1CC[NH+](CC(=O)Nc2cccc(F)c2)CC1. The zero-order valence-electron chi connectivity index (χ0n) is 12.0. The summed E-state index contributed by atoms with van der Waals surface area (Å²) in [6.07, 6.45) is 1.46. The Bertz CT molecular complexity index is 513. The minimum absolute atomic E-state index is 0.0509. The van der Waals surface area contributed by atoms with Crippen LogP contribution in [0.4, 0.5) is 10.1 Å². The maximum atomic E-state index is 13.0. The van der Waals surface area contributed by atoms with Gasteiger partial charge in [-0.05, 0) is 18.2 Å². The van der Waals surface area contributed by atoms with Gasteiger partial charge in [-0.3, -0.25) is 9.59 Å². The Labute approximate surface area is 123 Å². The maximum Gasteiger partial charge on any atom is 0.309 e. The number of halogens is 1. The summed E-state index contributed by atoms with van der Waals surface area (Å²) in [7, 11) is 1.40. The second kappa shape index (κ2) is 7.17. The number of hydrogen-bond acceptors (Lipinski definition) is 3. The van der Waals surface area contributed by atoms with Gasteiger partial charge in [-0.1, -0.05) is 6.07 Å². The Balaban J connectivity index is 1.78. The van der Waals surface area contributed by atoms with E-state index in [1.165, 1.54) is 19.2 Å². The highest BCUT2D eigenvalue weighted by atomic mass is 19.1. The van der Waals surface area contributed by atoms with E-state index in [1.807, 2.05) is 0 Å². The van der Waals surface area contributed by atoms with Gasteiger partial charge >= 0.3 is 5.97 Å². The van der Waals surface area contributed by atoms with E-state index in [0.717, 1.165) is 30.8 Å². The minimum atomic E-state index is -0.376. The summed E-state index contributed by atoms with van der Waals surface area (Å²) in [5.41, 5.74) is 0.462. The minimum Gasteiger partial charge on any atom is -0.469 e. The number of rotatable bonds is 4. The number of hydrogen-bond donors (Lipinski definition) is 2. The molecule has 1 heterocycles. The molecule has 2 N–H and O–H groups in total. The summed E-state index contributed by atoms with van der Waals surface area (Å²) in [6.45, 7) is 1.84. The second-order valence-corrected chi connectivity index (χ2v) is 5.28. The molecule has 0 saturated carbocycles. The predicted octanol–water partition coefficient (Wildman–Crippen LogP) is 0.232. The van der Waals surface area contributed by atoms with E-state index in [4.69, 9.17) is 4.74 Å². The Hall–Kier alpha value is -1.95. The Morgan fingerprint density at radius 2 is 2.10 bits per heavy atom. The zero-order chi connectivity index (χ0) is 15.2. The van der Waals surface area contributed by atoms with E-state index < -0.39 is 0 Å². The van der Waals surface area contributed by atoms with Crippen LogP contribution in [0.5, 0.6) is 0 Å². The standard InChI is InChI=1S/C15H19FN2O3/c1-21-15(20)11-5-7-18(8-6-11)10-14(19)17-13-4-2-3-12(16)9-13/h2-4,9,11H,5-8,10H2,1H3,(H,17,19)/p+1. The monoisotopic (exact) mass is 295 g/mol. The highest BCUT2D eigenvalue weighted by molar-refractivity contribution is 5.91. The zero-order valence-corrected chi connectivity index (χ0v) is 12.0. The van der Waals surface area contributed by atoms with Crippen molar-refractivity contribution in [1.29, 1.82) is 0 Å². The normalized spacial score (nSPS) is 21.6. The molecule has 21 heavy (non-hydrogen) atoms. The molecule has 1 saturated heterocycles. The van der Waals surface area contributed by atoms with Crippen molar-refractivity contribution in [2.24, 2.45) is 5.92 Å². The molecular formula is C15H20FN2O3+. The first-order valence-corrected chi connectivity index (χ1v) is 7.05. The molecule has 0 aromatic heterocycles. The van der Waals surface area contributed by atoms with Gasteiger partial charge < -0.3 is 15.0 Å². The second-order valence-electron chi connectivity index (χ2n) is 5.28. The molecule has 1 aromatic carbocycles. The number of likely N-dealkylation sites (tertiary alicyclic amines) is 1. The summed E-state index contributed by atoms with van der Waals surface area (Å²) in [5.74, 6) is -0.741. The fraction of sp³-hybridized carbons (Fsp3) is 0.467. The van der Waals surface area contributed by atoms with E-state index >= 15 is 0 Å². The van der Waals surface area contributed by atoms with E-state index in [-0.39, 0.29) is 23.6 Å². The average Bonchev–Trinajstić information content (AvgIpc) is 2.47. The maximum absolute atomic E-state index is 13.0. The molecule has 0 aliphatic carbocycles. The number of piperidine rings is 1. The van der Waals surface area contributed by atoms with Crippen LogP contribution in [-0.4, -0.2) is 38.6 Å². The van der Waals surface area contributed by atoms with Crippen molar-refractivity contribution < 1.29 is 23.6 Å². The highest BCUT2D eigenvalue weighted by Crippen LogP contribution is 2.11. The molecule has 114 valence electrons. The van der Waals surface area contributed by atoms with Gasteiger partial charge in [0.05, 0.1) is 26.1 Å². The van der Waals surface area contributed by atoms with Crippen molar-refractivity contribution in [2.45, 2.75) is 12.8 Å². The van der Waals surface area contributed by atoms with E-state index in [1.54, 1.807) is 12.1 Å². The van der Waals surface area contributed by atoms with Crippen LogP contribution in [0, 0.1) is 11.7 Å². The molecule has 1 amide bonds. The molecular weight excluding hydrogens is 275 g/mol. The molecule has 6 heteroatoms. The summed E-state index contributed by atoms with van der Waals surface area (Å²) in [6, 6.07) is 5.83. The fourth-order valence-corrected chi connectivity index (χ4v) is 2.60. The number of nitrogens with one attached hydrogen (secondary N) is 2. The first-order chi connectivity index (χ1) is 10.1. The number of anilines is 1. The lowest BCUT2D eigenvalue weighted by Crippen LogP contribution is -3.14. The molecule has 1 fully saturated rings.